The normalized spacial score (nSPS) is 22.3. The lowest BCUT2D eigenvalue weighted by Crippen LogP contribution is -2.44. The van der Waals surface area contributed by atoms with Crippen LogP contribution in [0.25, 0.3) is 0 Å². The first-order valence-electron chi connectivity index (χ1n) is 6.23. The Hall–Kier alpha value is -1.02. The van der Waals surface area contributed by atoms with E-state index < -0.39 is 4.33 Å². The second-order valence-electron chi connectivity index (χ2n) is 5.39. The quantitative estimate of drug-likeness (QED) is 0.588. The van der Waals surface area contributed by atoms with Crippen LogP contribution in [-0.2, 0) is 0 Å². The van der Waals surface area contributed by atoms with Gasteiger partial charge in [-0.3, -0.25) is 15.3 Å². The average molecular weight is 309 g/mol. The van der Waals surface area contributed by atoms with Crippen LogP contribution >= 0.6 is 23.9 Å². The summed E-state index contributed by atoms with van der Waals surface area (Å²) in [5, 5.41) is 10.0. The van der Waals surface area contributed by atoms with Crippen LogP contribution in [0.2, 0.25) is 0 Å². The van der Waals surface area contributed by atoms with Crippen molar-refractivity contribution in [2.24, 2.45) is 15.2 Å². The highest BCUT2D eigenvalue weighted by atomic mass is 32.2. The molecule has 4 N–H and O–H groups in total. The molecule has 0 aromatic heterocycles. The molecule has 0 radical (unpaired) electrons. The molecule has 20 heavy (non-hydrogen) atoms. The first-order chi connectivity index (χ1) is 9.44. The SMILES string of the molecule is CC(C)(C)NSC1(SN)N=C(c2ccccc2)C=NN1. The smallest absolute Gasteiger partial charge is 0.269 e. The van der Waals surface area contributed by atoms with Crippen LogP contribution in [0.3, 0.4) is 0 Å². The van der Waals surface area contributed by atoms with Gasteiger partial charge in [-0.05, 0) is 44.7 Å². The summed E-state index contributed by atoms with van der Waals surface area (Å²) in [6.07, 6.45) is 1.71. The van der Waals surface area contributed by atoms with Crippen molar-refractivity contribution < 1.29 is 0 Å². The Bertz CT molecular complexity index is 509. The van der Waals surface area contributed by atoms with Crippen LogP contribution < -0.4 is 15.3 Å². The maximum Gasteiger partial charge on any atom is 0.269 e. The number of hydrazone groups is 1. The monoisotopic (exact) mass is 309 g/mol. The van der Waals surface area contributed by atoms with E-state index in [1.54, 1.807) is 6.21 Å². The number of aliphatic imine (C=N–C) groups is 1. The molecule has 1 unspecified atom stereocenters. The lowest BCUT2D eigenvalue weighted by Gasteiger charge is -2.32. The second-order valence-corrected chi connectivity index (χ2v) is 7.47. The Morgan fingerprint density at radius 3 is 2.55 bits per heavy atom. The zero-order chi connectivity index (χ0) is 14.6. The van der Waals surface area contributed by atoms with Crippen molar-refractivity contribution in [2.45, 2.75) is 30.6 Å². The number of benzene rings is 1. The molecule has 1 aromatic rings. The van der Waals surface area contributed by atoms with Crippen LogP contribution in [0, 0.1) is 0 Å². The molecule has 1 aliphatic rings. The van der Waals surface area contributed by atoms with Gasteiger partial charge in [-0.15, -0.1) is 0 Å². The third kappa shape index (κ3) is 3.99. The lowest BCUT2D eigenvalue weighted by atomic mass is 10.1. The van der Waals surface area contributed by atoms with E-state index in [1.165, 1.54) is 11.9 Å². The summed E-state index contributed by atoms with van der Waals surface area (Å²) >= 11 is 2.55. The van der Waals surface area contributed by atoms with E-state index in [1.807, 2.05) is 30.3 Å². The summed E-state index contributed by atoms with van der Waals surface area (Å²) in [6, 6.07) is 9.94. The molecule has 1 heterocycles. The zero-order valence-electron chi connectivity index (χ0n) is 11.8. The molecule has 2 rings (SSSR count). The predicted octanol–water partition coefficient (Wildman–Crippen LogP) is 2.32. The molecule has 108 valence electrons. The van der Waals surface area contributed by atoms with Gasteiger partial charge in [0.05, 0.1) is 11.9 Å². The van der Waals surface area contributed by atoms with Crippen molar-refractivity contribution in [1.29, 1.82) is 0 Å². The Morgan fingerprint density at radius 1 is 1.25 bits per heavy atom. The largest absolute Gasteiger partial charge is 0.273 e. The van der Waals surface area contributed by atoms with E-state index >= 15 is 0 Å². The highest BCUT2D eigenvalue weighted by molar-refractivity contribution is 8.16. The molecule has 0 saturated heterocycles. The Labute approximate surface area is 128 Å². The molecule has 7 heteroatoms. The summed E-state index contributed by atoms with van der Waals surface area (Å²) in [5.41, 5.74) is 4.76. The minimum absolute atomic E-state index is 0.0430. The van der Waals surface area contributed by atoms with Gasteiger partial charge in [-0.25, -0.2) is 4.99 Å². The Morgan fingerprint density at radius 2 is 1.95 bits per heavy atom. The van der Waals surface area contributed by atoms with E-state index in [9.17, 15) is 0 Å². The maximum atomic E-state index is 5.82. The van der Waals surface area contributed by atoms with E-state index in [4.69, 9.17) is 10.1 Å². The highest BCUT2D eigenvalue weighted by Gasteiger charge is 2.34. The molecule has 0 spiro atoms. The minimum atomic E-state index is -0.757. The van der Waals surface area contributed by atoms with Crippen LogP contribution in [0.5, 0.6) is 0 Å². The molecule has 1 aromatic carbocycles. The van der Waals surface area contributed by atoms with Gasteiger partial charge >= 0.3 is 0 Å². The van der Waals surface area contributed by atoms with E-state index in [2.05, 4.69) is 36.0 Å². The summed E-state index contributed by atoms with van der Waals surface area (Å²) in [5.74, 6) is 0. The Kier molecular flexibility index (Phi) is 4.74. The molecule has 0 bridgehead atoms. The maximum absolute atomic E-state index is 5.82. The zero-order valence-corrected chi connectivity index (χ0v) is 13.4. The van der Waals surface area contributed by atoms with Gasteiger partial charge < -0.3 is 0 Å². The fourth-order valence-corrected chi connectivity index (χ4v) is 2.74. The number of rotatable bonds is 4. The summed E-state index contributed by atoms with van der Waals surface area (Å²) in [4.78, 5) is 4.70. The molecule has 0 aliphatic carbocycles. The van der Waals surface area contributed by atoms with E-state index in [0.717, 1.165) is 23.2 Å². The van der Waals surface area contributed by atoms with Crippen LogP contribution in [0.1, 0.15) is 26.3 Å². The Balaban J connectivity index is 2.22. The molecule has 5 nitrogen and oxygen atoms in total. The van der Waals surface area contributed by atoms with Gasteiger partial charge in [0.2, 0.25) is 0 Å². The van der Waals surface area contributed by atoms with Crippen molar-refractivity contribution in [1.82, 2.24) is 10.1 Å². The van der Waals surface area contributed by atoms with Crippen LogP contribution in [-0.4, -0.2) is 21.8 Å². The molecule has 1 atom stereocenters. The minimum Gasteiger partial charge on any atom is -0.273 e. The van der Waals surface area contributed by atoms with Gasteiger partial charge in [0.1, 0.15) is 0 Å². The van der Waals surface area contributed by atoms with Gasteiger partial charge in [0.15, 0.2) is 0 Å². The summed E-state index contributed by atoms with van der Waals surface area (Å²) in [7, 11) is 0. The van der Waals surface area contributed by atoms with Crippen molar-refractivity contribution in [3.8, 4) is 0 Å². The van der Waals surface area contributed by atoms with Gasteiger partial charge in [0.25, 0.3) is 4.33 Å². The van der Waals surface area contributed by atoms with Crippen LogP contribution in [0.15, 0.2) is 40.4 Å². The summed E-state index contributed by atoms with van der Waals surface area (Å²) < 4.78 is 2.57. The molecule has 0 amide bonds. The lowest BCUT2D eigenvalue weighted by molar-refractivity contribution is 0.528. The number of nitrogens with two attached hydrogens (primary N) is 1. The topological polar surface area (TPSA) is 74.8 Å². The molecular weight excluding hydrogens is 290 g/mol. The highest BCUT2D eigenvalue weighted by Crippen LogP contribution is 2.33. The van der Waals surface area contributed by atoms with Crippen molar-refractivity contribution in [2.75, 3.05) is 0 Å². The van der Waals surface area contributed by atoms with Crippen molar-refractivity contribution in [3.63, 3.8) is 0 Å². The molecule has 1 aliphatic heterocycles. The fraction of sp³-hybridized carbons (Fsp3) is 0.385. The predicted molar refractivity (Wildman–Crippen MR) is 89.6 cm³/mol. The average Bonchev–Trinajstić information content (AvgIpc) is 2.46. The third-order valence-corrected chi connectivity index (χ3v) is 4.60. The van der Waals surface area contributed by atoms with E-state index in [0.29, 0.717) is 0 Å². The number of nitrogens with zero attached hydrogens (tertiary/aromatic N) is 2. The first-order valence-corrected chi connectivity index (χ1v) is 7.92. The standard InChI is InChI=1S/C13H19N5S2/c1-12(2,3)18-20-13(19-14)16-11(9-15-17-13)10-7-5-4-6-8-10/h4-9,17-18H,14H2,1-3H3. The van der Waals surface area contributed by atoms with Gasteiger partial charge in [-0.2, -0.15) is 5.10 Å². The first kappa shape index (κ1) is 15.4. The molecular formula is C13H19N5S2. The van der Waals surface area contributed by atoms with E-state index in [-0.39, 0.29) is 5.54 Å². The number of hydrogen-bond acceptors (Lipinski definition) is 7. The van der Waals surface area contributed by atoms with Gasteiger partial charge in [0, 0.05) is 11.1 Å². The number of hydrogen-bond donors (Lipinski definition) is 3. The number of nitrogens with one attached hydrogen (secondary N) is 2. The third-order valence-electron chi connectivity index (χ3n) is 2.39. The second kappa shape index (κ2) is 6.17. The fourth-order valence-electron chi connectivity index (χ4n) is 1.48. The van der Waals surface area contributed by atoms with Crippen LogP contribution in [0.4, 0.5) is 0 Å². The molecule has 0 fully saturated rings. The molecule has 0 saturated carbocycles. The van der Waals surface area contributed by atoms with Gasteiger partial charge in [-0.1, -0.05) is 30.3 Å². The van der Waals surface area contributed by atoms with Crippen molar-refractivity contribution >= 4 is 35.8 Å². The van der Waals surface area contributed by atoms with Crippen molar-refractivity contribution in [3.05, 3.63) is 35.9 Å². The summed E-state index contributed by atoms with van der Waals surface area (Å²) in [6.45, 7) is 6.26.